The van der Waals surface area contributed by atoms with Gasteiger partial charge in [0.15, 0.2) is 5.16 Å². The van der Waals surface area contributed by atoms with E-state index in [1.165, 1.54) is 11.8 Å². The molecule has 2 rings (SSSR count). The lowest BCUT2D eigenvalue weighted by molar-refractivity contribution is -0.133. The standard InChI is InChI=1S/C14H15ClN2O2S/c1-2-3-4-8-17-13-10(15)6-5-7-11(13)16-14(17)20-9-12(18)19/h2-3,5-7H,4,8-9H2,1H3,(H,18,19)/b3-2+. The van der Waals surface area contributed by atoms with Gasteiger partial charge in [-0.1, -0.05) is 41.6 Å². The van der Waals surface area contributed by atoms with Gasteiger partial charge in [0.2, 0.25) is 0 Å². The molecule has 0 unspecified atom stereocenters. The Morgan fingerprint density at radius 1 is 1.55 bits per heavy atom. The first-order valence-corrected chi connectivity index (χ1v) is 7.60. The largest absolute Gasteiger partial charge is 0.481 e. The van der Waals surface area contributed by atoms with Crippen LogP contribution in [0, 0.1) is 0 Å². The van der Waals surface area contributed by atoms with E-state index in [0.717, 1.165) is 24.0 Å². The maximum atomic E-state index is 10.7. The summed E-state index contributed by atoms with van der Waals surface area (Å²) in [4.78, 5) is 15.2. The van der Waals surface area contributed by atoms with Gasteiger partial charge in [0, 0.05) is 6.54 Å². The highest BCUT2D eigenvalue weighted by atomic mass is 35.5. The van der Waals surface area contributed by atoms with Crippen molar-refractivity contribution < 1.29 is 9.90 Å². The van der Waals surface area contributed by atoms with Crippen LogP contribution in [0.25, 0.3) is 11.0 Å². The lowest BCUT2D eigenvalue weighted by Crippen LogP contribution is -2.03. The number of allylic oxidation sites excluding steroid dienone is 2. The average Bonchev–Trinajstić information content (AvgIpc) is 2.76. The molecule has 0 aliphatic rings. The summed E-state index contributed by atoms with van der Waals surface area (Å²) in [5.74, 6) is -0.863. The zero-order valence-corrected chi connectivity index (χ0v) is 12.6. The van der Waals surface area contributed by atoms with Crippen LogP contribution in [0.1, 0.15) is 13.3 Å². The summed E-state index contributed by atoms with van der Waals surface area (Å²) in [6, 6.07) is 5.56. The van der Waals surface area contributed by atoms with E-state index in [2.05, 4.69) is 11.1 Å². The Hall–Kier alpha value is -1.46. The SMILES string of the molecule is C/C=C/CCn1c(SCC(=O)O)nc2cccc(Cl)c21. The van der Waals surface area contributed by atoms with E-state index in [-0.39, 0.29) is 5.75 Å². The van der Waals surface area contributed by atoms with Crippen LogP contribution in [0.2, 0.25) is 5.02 Å². The molecule has 0 aliphatic carbocycles. The van der Waals surface area contributed by atoms with Gasteiger partial charge in [0.05, 0.1) is 21.8 Å². The van der Waals surface area contributed by atoms with Gasteiger partial charge in [-0.25, -0.2) is 4.98 Å². The predicted octanol–water partition coefficient (Wildman–Crippen LogP) is 3.83. The fourth-order valence-electron chi connectivity index (χ4n) is 1.93. The first-order valence-electron chi connectivity index (χ1n) is 6.24. The number of rotatable bonds is 6. The molecule has 6 heteroatoms. The number of hydrogen-bond donors (Lipinski definition) is 1. The van der Waals surface area contributed by atoms with Crippen molar-refractivity contribution in [2.45, 2.75) is 25.0 Å². The zero-order chi connectivity index (χ0) is 14.5. The van der Waals surface area contributed by atoms with Crippen molar-refractivity contribution in [3.63, 3.8) is 0 Å². The minimum Gasteiger partial charge on any atom is -0.481 e. The summed E-state index contributed by atoms with van der Waals surface area (Å²) in [7, 11) is 0. The van der Waals surface area contributed by atoms with Crippen molar-refractivity contribution in [2.75, 3.05) is 5.75 Å². The van der Waals surface area contributed by atoms with Crippen molar-refractivity contribution in [2.24, 2.45) is 0 Å². The molecule has 2 aromatic rings. The lowest BCUT2D eigenvalue weighted by Gasteiger charge is -2.07. The third-order valence-electron chi connectivity index (χ3n) is 2.76. The Morgan fingerprint density at radius 2 is 2.35 bits per heavy atom. The molecule has 0 aliphatic heterocycles. The number of fused-ring (bicyclic) bond motifs is 1. The normalized spacial score (nSPS) is 11.5. The Morgan fingerprint density at radius 3 is 3.05 bits per heavy atom. The molecule has 1 aromatic carbocycles. The lowest BCUT2D eigenvalue weighted by atomic mass is 10.3. The van der Waals surface area contributed by atoms with E-state index >= 15 is 0 Å². The summed E-state index contributed by atoms with van der Waals surface area (Å²) in [6.07, 6.45) is 4.91. The number of aromatic nitrogens is 2. The molecule has 4 nitrogen and oxygen atoms in total. The topological polar surface area (TPSA) is 55.1 Å². The van der Waals surface area contributed by atoms with Crippen molar-refractivity contribution in [1.29, 1.82) is 0 Å². The van der Waals surface area contributed by atoms with Crippen molar-refractivity contribution in [3.05, 3.63) is 35.4 Å². The van der Waals surface area contributed by atoms with Gasteiger partial charge in [0.25, 0.3) is 0 Å². The van der Waals surface area contributed by atoms with Gasteiger partial charge < -0.3 is 9.67 Å². The van der Waals surface area contributed by atoms with E-state index in [4.69, 9.17) is 16.7 Å². The highest BCUT2D eigenvalue weighted by Gasteiger charge is 2.14. The quantitative estimate of drug-likeness (QED) is 0.650. The summed E-state index contributed by atoms with van der Waals surface area (Å²) in [5, 5.41) is 10.1. The monoisotopic (exact) mass is 310 g/mol. The highest BCUT2D eigenvalue weighted by Crippen LogP contribution is 2.29. The second-order valence-corrected chi connectivity index (χ2v) is 5.54. The molecule has 0 atom stereocenters. The van der Waals surface area contributed by atoms with E-state index in [0.29, 0.717) is 10.2 Å². The number of benzene rings is 1. The number of hydrogen-bond acceptors (Lipinski definition) is 3. The number of carbonyl (C=O) groups is 1. The summed E-state index contributed by atoms with van der Waals surface area (Å²) in [5.41, 5.74) is 1.66. The highest BCUT2D eigenvalue weighted by molar-refractivity contribution is 7.99. The predicted molar refractivity (Wildman–Crippen MR) is 82.5 cm³/mol. The fraction of sp³-hybridized carbons (Fsp3) is 0.286. The second kappa shape index (κ2) is 6.81. The number of nitrogens with zero attached hydrogens (tertiary/aromatic N) is 2. The number of halogens is 1. The van der Waals surface area contributed by atoms with Gasteiger partial charge in [-0.15, -0.1) is 0 Å². The molecular weight excluding hydrogens is 296 g/mol. The Labute approximate surface area is 126 Å². The van der Waals surface area contributed by atoms with Gasteiger partial charge >= 0.3 is 5.97 Å². The third kappa shape index (κ3) is 3.35. The number of thioether (sulfide) groups is 1. The van der Waals surface area contributed by atoms with Crippen LogP contribution < -0.4 is 0 Å². The molecule has 0 radical (unpaired) electrons. The van der Waals surface area contributed by atoms with Gasteiger partial charge in [-0.05, 0) is 25.5 Å². The molecular formula is C14H15ClN2O2S. The molecule has 0 spiro atoms. The number of aliphatic carboxylic acids is 1. The fourth-order valence-corrected chi connectivity index (χ4v) is 2.96. The van der Waals surface area contributed by atoms with Crippen molar-refractivity contribution in [1.82, 2.24) is 9.55 Å². The summed E-state index contributed by atoms with van der Waals surface area (Å²) in [6.45, 7) is 2.70. The van der Waals surface area contributed by atoms with Crippen LogP contribution in [0.15, 0.2) is 35.5 Å². The first-order chi connectivity index (χ1) is 9.63. The first kappa shape index (κ1) is 14.9. The number of imidazole rings is 1. The molecule has 1 aromatic heterocycles. The minimum atomic E-state index is -0.854. The number of aryl methyl sites for hydroxylation is 1. The van der Waals surface area contributed by atoms with E-state index < -0.39 is 5.97 Å². The smallest absolute Gasteiger partial charge is 0.313 e. The van der Waals surface area contributed by atoms with Crippen molar-refractivity contribution >= 4 is 40.4 Å². The molecule has 1 N–H and O–H groups in total. The number of carboxylic acids is 1. The Kier molecular flexibility index (Phi) is 5.09. The zero-order valence-electron chi connectivity index (χ0n) is 11.0. The van der Waals surface area contributed by atoms with Gasteiger partial charge in [-0.2, -0.15) is 0 Å². The number of carboxylic acid groups (broad SMARTS) is 1. The van der Waals surface area contributed by atoms with Gasteiger partial charge in [-0.3, -0.25) is 4.79 Å². The van der Waals surface area contributed by atoms with Crippen LogP contribution in [0.5, 0.6) is 0 Å². The molecule has 0 saturated heterocycles. The Bertz CT molecular complexity index is 652. The van der Waals surface area contributed by atoms with Gasteiger partial charge in [0.1, 0.15) is 0 Å². The van der Waals surface area contributed by atoms with Crippen LogP contribution >= 0.6 is 23.4 Å². The van der Waals surface area contributed by atoms with Crippen molar-refractivity contribution in [3.8, 4) is 0 Å². The van der Waals surface area contributed by atoms with E-state index in [9.17, 15) is 4.79 Å². The van der Waals surface area contributed by atoms with Crippen LogP contribution in [-0.4, -0.2) is 26.4 Å². The van der Waals surface area contributed by atoms with Crippen LogP contribution in [0.3, 0.4) is 0 Å². The molecule has 0 amide bonds. The summed E-state index contributed by atoms with van der Waals surface area (Å²) < 4.78 is 1.99. The van der Waals surface area contributed by atoms with Crippen LogP contribution in [-0.2, 0) is 11.3 Å². The van der Waals surface area contributed by atoms with Crippen LogP contribution in [0.4, 0.5) is 0 Å². The maximum Gasteiger partial charge on any atom is 0.313 e. The third-order valence-corrected chi connectivity index (χ3v) is 4.03. The molecule has 20 heavy (non-hydrogen) atoms. The molecule has 0 bridgehead atoms. The van der Waals surface area contributed by atoms with E-state index in [1.54, 1.807) is 0 Å². The Balaban J connectivity index is 2.40. The molecule has 0 saturated carbocycles. The molecule has 1 heterocycles. The molecule has 106 valence electrons. The molecule has 0 fully saturated rings. The van der Waals surface area contributed by atoms with E-state index in [1.807, 2.05) is 35.8 Å². The maximum absolute atomic E-state index is 10.7. The second-order valence-electron chi connectivity index (χ2n) is 4.19. The average molecular weight is 311 g/mol. The minimum absolute atomic E-state index is 0.00937. The summed E-state index contributed by atoms with van der Waals surface area (Å²) >= 11 is 7.46. The number of para-hydroxylation sites is 1.